The molecule has 0 spiro atoms. The Morgan fingerprint density at radius 3 is 2.31 bits per heavy atom. The van der Waals surface area contributed by atoms with Gasteiger partial charge in [-0.15, -0.1) is 0 Å². The molecule has 1 saturated heterocycles. The van der Waals surface area contributed by atoms with Crippen LogP contribution in [0.25, 0.3) is 0 Å². The van der Waals surface area contributed by atoms with E-state index in [1.54, 1.807) is 25.3 Å². The van der Waals surface area contributed by atoms with E-state index in [0.717, 1.165) is 36.3 Å². The number of benzene rings is 2. The lowest BCUT2D eigenvalue weighted by molar-refractivity contribution is 0.0746. The number of sulfonamides is 1. The Balaban J connectivity index is 1.70. The molecule has 0 atom stereocenters. The van der Waals surface area contributed by atoms with Gasteiger partial charge in [0.1, 0.15) is 5.75 Å². The molecule has 1 aliphatic heterocycles. The Kier molecular flexibility index (Phi) is 6.02. The predicted octanol–water partition coefficient (Wildman–Crippen LogP) is 2.36. The molecule has 0 N–H and O–H groups in total. The second-order valence-corrected chi connectivity index (χ2v) is 9.20. The summed E-state index contributed by atoms with van der Waals surface area (Å²) in [5.41, 5.74) is 2.92. The van der Waals surface area contributed by atoms with Crippen molar-refractivity contribution >= 4 is 27.3 Å². The highest BCUT2D eigenvalue weighted by Crippen LogP contribution is 2.29. The number of amides is 1. The smallest absolute Gasteiger partial charge is 0.253 e. The van der Waals surface area contributed by atoms with Crippen LogP contribution >= 0.6 is 0 Å². The van der Waals surface area contributed by atoms with Gasteiger partial charge < -0.3 is 14.5 Å². The first-order valence-corrected chi connectivity index (χ1v) is 11.3. The second-order valence-electron chi connectivity index (χ2n) is 7.18. The predicted molar refractivity (Wildman–Crippen MR) is 116 cm³/mol. The van der Waals surface area contributed by atoms with Gasteiger partial charge in [0.05, 0.1) is 24.7 Å². The van der Waals surface area contributed by atoms with Crippen LogP contribution in [0.1, 0.15) is 15.9 Å². The van der Waals surface area contributed by atoms with Crippen molar-refractivity contribution < 1.29 is 17.9 Å². The van der Waals surface area contributed by atoms with Crippen molar-refractivity contribution in [3.05, 3.63) is 53.6 Å². The van der Waals surface area contributed by atoms with Crippen LogP contribution in [0.3, 0.4) is 0 Å². The van der Waals surface area contributed by atoms with E-state index in [1.807, 2.05) is 36.1 Å². The van der Waals surface area contributed by atoms with Crippen LogP contribution in [0.2, 0.25) is 0 Å². The number of carbonyl (C=O) groups excluding carboxylic acids is 1. The number of para-hydroxylation sites is 2. The van der Waals surface area contributed by atoms with Crippen molar-refractivity contribution in [3.63, 3.8) is 0 Å². The molecular weight excluding hydrogens is 390 g/mol. The highest BCUT2D eigenvalue weighted by atomic mass is 32.2. The first-order chi connectivity index (χ1) is 13.7. The highest BCUT2D eigenvalue weighted by molar-refractivity contribution is 7.92. The zero-order chi connectivity index (χ0) is 21.2. The number of aryl methyl sites for hydroxylation is 1. The lowest BCUT2D eigenvalue weighted by Gasteiger charge is -2.36. The number of carbonyl (C=O) groups is 1. The Labute approximate surface area is 172 Å². The summed E-state index contributed by atoms with van der Waals surface area (Å²) < 4.78 is 30.2. The molecule has 3 rings (SSSR count). The number of methoxy groups -OCH3 is 1. The SMILES string of the molecule is COc1ccccc1N1CCN(C(=O)c2ccc(N(C)S(C)(=O)=O)c(C)c2)CC1. The molecule has 29 heavy (non-hydrogen) atoms. The summed E-state index contributed by atoms with van der Waals surface area (Å²) in [5.74, 6) is 0.787. The molecule has 2 aromatic carbocycles. The third-order valence-electron chi connectivity index (χ3n) is 5.27. The molecule has 1 aliphatic rings. The maximum Gasteiger partial charge on any atom is 0.253 e. The number of rotatable bonds is 5. The maximum absolute atomic E-state index is 12.9. The monoisotopic (exact) mass is 417 g/mol. The van der Waals surface area contributed by atoms with Crippen LogP contribution in [-0.2, 0) is 10.0 Å². The Morgan fingerprint density at radius 2 is 1.72 bits per heavy atom. The average molecular weight is 418 g/mol. The summed E-state index contributed by atoms with van der Waals surface area (Å²) in [5, 5.41) is 0. The lowest BCUT2D eigenvalue weighted by atomic mass is 10.1. The van der Waals surface area contributed by atoms with Crippen LogP contribution < -0.4 is 13.9 Å². The molecule has 0 aliphatic carbocycles. The van der Waals surface area contributed by atoms with Crippen molar-refractivity contribution in [3.8, 4) is 5.75 Å². The van der Waals surface area contributed by atoms with Gasteiger partial charge >= 0.3 is 0 Å². The third kappa shape index (κ3) is 4.48. The van der Waals surface area contributed by atoms with Gasteiger partial charge in [-0.2, -0.15) is 0 Å². The molecule has 0 radical (unpaired) electrons. The minimum absolute atomic E-state index is 0.0404. The number of nitrogens with zero attached hydrogens (tertiary/aromatic N) is 3. The van der Waals surface area contributed by atoms with Crippen molar-refractivity contribution in [2.24, 2.45) is 0 Å². The lowest BCUT2D eigenvalue weighted by Crippen LogP contribution is -2.48. The molecule has 0 bridgehead atoms. The minimum atomic E-state index is -3.35. The summed E-state index contributed by atoms with van der Waals surface area (Å²) >= 11 is 0. The van der Waals surface area contributed by atoms with Crippen molar-refractivity contribution in [1.29, 1.82) is 0 Å². The van der Waals surface area contributed by atoms with E-state index >= 15 is 0 Å². The van der Waals surface area contributed by atoms with Gasteiger partial charge in [0.25, 0.3) is 5.91 Å². The molecule has 2 aromatic rings. The Morgan fingerprint density at radius 1 is 1.07 bits per heavy atom. The Bertz CT molecular complexity index is 999. The van der Waals surface area contributed by atoms with Crippen LogP contribution in [0.5, 0.6) is 5.75 Å². The molecule has 0 saturated carbocycles. The number of hydrogen-bond acceptors (Lipinski definition) is 5. The normalized spacial score (nSPS) is 14.6. The van der Waals surface area contributed by atoms with Crippen LogP contribution in [0, 0.1) is 6.92 Å². The van der Waals surface area contributed by atoms with E-state index in [0.29, 0.717) is 24.3 Å². The van der Waals surface area contributed by atoms with Gasteiger partial charge in [0.2, 0.25) is 10.0 Å². The summed E-state index contributed by atoms with van der Waals surface area (Å²) in [6.45, 7) is 4.48. The molecular formula is C21H27N3O4S. The van der Waals surface area contributed by atoms with E-state index in [-0.39, 0.29) is 5.91 Å². The fourth-order valence-electron chi connectivity index (χ4n) is 3.54. The van der Waals surface area contributed by atoms with E-state index in [9.17, 15) is 13.2 Å². The van der Waals surface area contributed by atoms with E-state index in [2.05, 4.69) is 4.90 Å². The van der Waals surface area contributed by atoms with E-state index < -0.39 is 10.0 Å². The first-order valence-electron chi connectivity index (χ1n) is 9.44. The fourth-order valence-corrected chi connectivity index (χ4v) is 4.11. The summed E-state index contributed by atoms with van der Waals surface area (Å²) in [4.78, 5) is 17.0. The average Bonchev–Trinajstić information content (AvgIpc) is 2.72. The molecule has 8 heteroatoms. The highest BCUT2D eigenvalue weighted by Gasteiger charge is 2.24. The van der Waals surface area contributed by atoms with Crippen LogP contribution in [0.15, 0.2) is 42.5 Å². The second kappa shape index (κ2) is 8.32. The zero-order valence-corrected chi connectivity index (χ0v) is 18.1. The quantitative estimate of drug-likeness (QED) is 0.747. The summed E-state index contributed by atoms with van der Waals surface area (Å²) in [6, 6.07) is 13.0. The number of anilines is 2. The standard InChI is InChI=1S/C21H27N3O4S/c1-16-15-17(9-10-18(16)22(2)29(4,26)27)21(25)24-13-11-23(12-14-24)19-7-5-6-8-20(19)28-3/h5-10,15H,11-14H2,1-4H3. The zero-order valence-electron chi connectivity index (χ0n) is 17.3. The summed E-state index contributed by atoms with van der Waals surface area (Å²) in [6.07, 6.45) is 1.16. The van der Waals surface area contributed by atoms with Gasteiger partial charge in [-0.1, -0.05) is 12.1 Å². The Hall–Kier alpha value is -2.74. The minimum Gasteiger partial charge on any atom is -0.495 e. The number of ether oxygens (including phenoxy) is 1. The largest absolute Gasteiger partial charge is 0.495 e. The van der Waals surface area contributed by atoms with Crippen molar-refractivity contribution in [2.45, 2.75) is 6.92 Å². The van der Waals surface area contributed by atoms with Crippen molar-refractivity contribution in [1.82, 2.24) is 4.90 Å². The van der Waals surface area contributed by atoms with Gasteiger partial charge in [-0.05, 0) is 42.8 Å². The number of hydrogen-bond donors (Lipinski definition) is 0. The first kappa shape index (κ1) is 21.0. The third-order valence-corrected chi connectivity index (χ3v) is 6.46. The summed E-state index contributed by atoms with van der Waals surface area (Å²) in [7, 11) is -0.179. The molecule has 7 nitrogen and oxygen atoms in total. The topological polar surface area (TPSA) is 70.2 Å². The van der Waals surface area contributed by atoms with Gasteiger partial charge in [-0.3, -0.25) is 9.10 Å². The molecule has 1 fully saturated rings. The van der Waals surface area contributed by atoms with Crippen molar-refractivity contribution in [2.75, 3.05) is 55.8 Å². The van der Waals surface area contributed by atoms with Gasteiger partial charge in [0.15, 0.2) is 0 Å². The maximum atomic E-state index is 12.9. The van der Waals surface area contributed by atoms with E-state index in [1.165, 1.54) is 11.4 Å². The molecule has 1 amide bonds. The fraction of sp³-hybridized carbons (Fsp3) is 0.381. The van der Waals surface area contributed by atoms with E-state index in [4.69, 9.17) is 4.74 Å². The van der Waals surface area contributed by atoms with Gasteiger partial charge in [-0.25, -0.2) is 8.42 Å². The molecule has 156 valence electrons. The molecule has 0 aromatic heterocycles. The van der Waals surface area contributed by atoms with Crippen LogP contribution in [-0.4, -0.2) is 65.8 Å². The van der Waals surface area contributed by atoms with Crippen LogP contribution in [0.4, 0.5) is 11.4 Å². The van der Waals surface area contributed by atoms with Gasteiger partial charge in [0, 0.05) is 38.8 Å². The molecule has 0 unspecified atom stereocenters. The number of piperazine rings is 1. The molecule has 1 heterocycles.